The van der Waals surface area contributed by atoms with Crippen molar-refractivity contribution in [3.05, 3.63) is 35.3 Å². The van der Waals surface area contributed by atoms with Gasteiger partial charge in [0.05, 0.1) is 18.1 Å². The minimum absolute atomic E-state index is 0.138. The summed E-state index contributed by atoms with van der Waals surface area (Å²) < 4.78 is 32.2. The number of nitrogen functional groups attached to an aromatic ring is 1. The third kappa shape index (κ3) is 5.32. The van der Waals surface area contributed by atoms with Gasteiger partial charge in [-0.25, -0.2) is 13.1 Å². The summed E-state index contributed by atoms with van der Waals surface area (Å²) in [5.74, 6) is 0. The van der Waals surface area contributed by atoms with Crippen LogP contribution in [0.15, 0.2) is 40.2 Å². The van der Waals surface area contributed by atoms with Crippen LogP contribution in [0.5, 0.6) is 0 Å². The van der Waals surface area contributed by atoms with Crippen molar-refractivity contribution in [2.45, 2.75) is 11.3 Å². The number of nitrogens with two attached hydrogens (primary N) is 1. The number of sulfonamides is 1. The standard InChI is InChI=1S/C12H17BrN2O3S/c1-2-3-7-18-8-6-15-19(16,17)10-4-5-11(13)12(14)9-10/h2,4-5,9,15H,1,3,6-8,14H2. The molecule has 5 nitrogen and oxygen atoms in total. The molecule has 0 heterocycles. The predicted molar refractivity (Wildman–Crippen MR) is 79.4 cm³/mol. The summed E-state index contributed by atoms with van der Waals surface area (Å²) in [6.07, 6.45) is 2.49. The normalized spacial score (nSPS) is 11.4. The molecule has 1 rings (SSSR count). The maximum Gasteiger partial charge on any atom is 0.240 e. The number of nitrogens with one attached hydrogen (secondary N) is 1. The van der Waals surface area contributed by atoms with Gasteiger partial charge in [0, 0.05) is 16.7 Å². The van der Waals surface area contributed by atoms with Crippen LogP contribution in [0.25, 0.3) is 0 Å². The van der Waals surface area contributed by atoms with Gasteiger partial charge in [-0.15, -0.1) is 6.58 Å². The van der Waals surface area contributed by atoms with Crippen LogP contribution in [-0.2, 0) is 14.8 Å². The first-order valence-electron chi connectivity index (χ1n) is 5.70. The van der Waals surface area contributed by atoms with E-state index in [1.165, 1.54) is 12.1 Å². The Morgan fingerprint density at radius 3 is 2.79 bits per heavy atom. The highest BCUT2D eigenvalue weighted by molar-refractivity contribution is 9.10. The van der Waals surface area contributed by atoms with Gasteiger partial charge >= 0.3 is 0 Å². The number of hydrogen-bond acceptors (Lipinski definition) is 4. The van der Waals surface area contributed by atoms with Crippen LogP contribution in [0.2, 0.25) is 0 Å². The van der Waals surface area contributed by atoms with Gasteiger partial charge in [-0.3, -0.25) is 0 Å². The number of hydrogen-bond donors (Lipinski definition) is 2. The molecule has 0 bridgehead atoms. The zero-order chi connectivity index (χ0) is 14.3. The molecule has 0 unspecified atom stereocenters. The number of benzene rings is 1. The van der Waals surface area contributed by atoms with Crippen LogP contribution < -0.4 is 10.5 Å². The quantitative estimate of drug-likeness (QED) is 0.427. The van der Waals surface area contributed by atoms with Crippen molar-refractivity contribution >= 4 is 31.6 Å². The van der Waals surface area contributed by atoms with Gasteiger partial charge in [0.2, 0.25) is 10.0 Å². The molecule has 0 aliphatic heterocycles. The summed E-state index contributed by atoms with van der Waals surface area (Å²) in [5.41, 5.74) is 6.03. The average Bonchev–Trinajstić information content (AvgIpc) is 2.36. The van der Waals surface area contributed by atoms with Crippen molar-refractivity contribution in [1.29, 1.82) is 0 Å². The first kappa shape index (κ1) is 16.2. The molecule has 106 valence electrons. The largest absolute Gasteiger partial charge is 0.398 e. The average molecular weight is 349 g/mol. The molecule has 0 amide bonds. The van der Waals surface area contributed by atoms with Crippen LogP contribution in [0.4, 0.5) is 5.69 Å². The van der Waals surface area contributed by atoms with Gasteiger partial charge in [0.1, 0.15) is 0 Å². The molecule has 0 aromatic heterocycles. The van der Waals surface area contributed by atoms with E-state index < -0.39 is 10.0 Å². The molecular formula is C12H17BrN2O3S. The molecule has 0 radical (unpaired) electrons. The fourth-order valence-electron chi connectivity index (χ4n) is 1.29. The molecule has 0 spiro atoms. The lowest BCUT2D eigenvalue weighted by Crippen LogP contribution is -2.27. The van der Waals surface area contributed by atoms with E-state index in [2.05, 4.69) is 27.2 Å². The Morgan fingerprint density at radius 1 is 1.42 bits per heavy atom. The topological polar surface area (TPSA) is 81.4 Å². The van der Waals surface area contributed by atoms with Crippen molar-refractivity contribution in [3.63, 3.8) is 0 Å². The Morgan fingerprint density at radius 2 is 2.16 bits per heavy atom. The van der Waals surface area contributed by atoms with E-state index in [0.29, 0.717) is 23.4 Å². The zero-order valence-electron chi connectivity index (χ0n) is 10.4. The van der Waals surface area contributed by atoms with E-state index in [4.69, 9.17) is 10.5 Å². The van der Waals surface area contributed by atoms with Crippen molar-refractivity contribution < 1.29 is 13.2 Å². The highest BCUT2D eigenvalue weighted by Crippen LogP contribution is 2.22. The van der Waals surface area contributed by atoms with Gasteiger partial charge < -0.3 is 10.5 Å². The summed E-state index contributed by atoms with van der Waals surface area (Å²) in [6, 6.07) is 4.50. The summed E-state index contributed by atoms with van der Waals surface area (Å²) in [7, 11) is -3.54. The van der Waals surface area contributed by atoms with E-state index >= 15 is 0 Å². The van der Waals surface area contributed by atoms with E-state index in [1.807, 2.05) is 0 Å². The van der Waals surface area contributed by atoms with Crippen LogP contribution in [0.3, 0.4) is 0 Å². The number of rotatable bonds is 8. The molecule has 0 fully saturated rings. The van der Waals surface area contributed by atoms with Gasteiger partial charge in [-0.2, -0.15) is 0 Å². The lowest BCUT2D eigenvalue weighted by atomic mass is 10.3. The molecule has 3 N–H and O–H groups in total. The lowest BCUT2D eigenvalue weighted by molar-refractivity contribution is 0.144. The van der Waals surface area contributed by atoms with E-state index in [9.17, 15) is 8.42 Å². The minimum Gasteiger partial charge on any atom is -0.398 e. The van der Waals surface area contributed by atoms with Crippen LogP contribution in [-0.4, -0.2) is 28.2 Å². The summed E-state index contributed by atoms with van der Waals surface area (Å²) in [4.78, 5) is 0.138. The molecule has 0 saturated heterocycles. The summed E-state index contributed by atoms with van der Waals surface area (Å²) in [5, 5.41) is 0. The number of ether oxygens (including phenoxy) is 1. The predicted octanol–water partition coefficient (Wildman–Crippen LogP) is 1.90. The van der Waals surface area contributed by atoms with Crippen molar-refractivity contribution in [2.75, 3.05) is 25.5 Å². The SMILES string of the molecule is C=CCCOCCNS(=O)(=O)c1ccc(Br)c(N)c1. The number of anilines is 1. The van der Waals surface area contributed by atoms with Crippen molar-refractivity contribution in [3.8, 4) is 0 Å². The summed E-state index contributed by atoms with van der Waals surface area (Å²) >= 11 is 3.22. The third-order valence-corrected chi connectivity index (χ3v) is 4.46. The second-order valence-electron chi connectivity index (χ2n) is 3.77. The molecule has 1 aromatic rings. The smallest absolute Gasteiger partial charge is 0.240 e. The monoisotopic (exact) mass is 348 g/mol. The first-order valence-corrected chi connectivity index (χ1v) is 7.98. The third-order valence-electron chi connectivity index (χ3n) is 2.28. The maximum absolute atomic E-state index is 11.9. The Hall–Kier alpha value is -0.890. The lowest BCUT2D eigenvalue weighted by Gasteiger charge is -2.08. The molecule has 0 saturated carbocycles. The Kier molecular flexibility index (Phi) is 6.50. The Labute approximate surface area is 122 Å². The maximum atomic E-state index is 11.9. The number of halogens is 1. The second kappa shape index (κ2) is 7.64. The van der Waals surface area contributed by atoms with Crippen LogP contribution in [0.1, 0.15) is 6.42 Å². The first-order chi connectivity index (χ1) is 8.97. The van der Waals surface area contributed by atoms with Gasteiger partial charge in [0.25, 0.3) is 0 Å². The van der Waals surface area contributed by atoms with E-state index in [0.717, 1.165) is 6.42 Å². The highest BCUT2D eigenvalue weighted by atomic mass is 79.9. The molecule has 0 atom stereocenters. The minimum atomic E-state index is -3.54. The van der Waals surface area contributed by atoms with Crippen LogP contribution >= 0.6 is 15.9 Å². The zero-order valence-corrected chi connectivity index (χ0v) is 12.8. The van der Waals surface area contributed by atoms with Gasteiger partial charge in [-0.05, 0) is 40.5 Å². The molecule has 0 aliphatic rings. The fourth-order valence-corrected chi connectivity index (χ4v) is 2.58. The highest BCUT2D eigenvalue weighted by Gasteiger charge is 2.14. The molecule has 0 aliphatic carbocycles. The fraction of sp³-hybridized carbons (Fsp3) is 0.333. The molecule has 1 aromatic carbocycles. The Bertz CT molecular complexity index is 532. The van der Waals surface area contributed by atoms with Crippen molar-refractivity contribution in [1.82, 2.24) is 4.72 Å². The molecular weight excluding hydrogens is 332 g/mol. The van der Waals surface area contributed by atoms with Gasteiger partial charge in [0.15, 0.2) is 0 Å². The Balaban J connectivity index is 2.51. The van der Waals surface area contributed by atoms with E-state index in [1.54, 1.807) is 12.1 Å². The van der Waals surface area contributed by atoms with Gasteiger partial charge in [-0.1, -0.05) is 6.08 Å². The van der Waals surface area contributed by atoms with Crippen LogP contribution in [0, 0.1) is 0 Å². The van der Waals surface area contributed by atoms with E-state index in [-0.39, 0.29) is 11.4 Å². The summed E-state index contributed by atoms with van der Waals surface area (Å²) in [6.45, 7) is 4.64. The molecule has 19 heavy (non-hydrogen) atoms. The van der Waals surface area contributed by atoms with Crippen molar-refractivity contribution in [2.24, 2.45) is 0 Å². The second-order valence-corrected chi connectivity index (χ2v) is 6.39. The molecule has 7 heteroatoms.